The van der Waals surface area contributed by atoms with E-state index in [-0.39, 0.29) is 11.8 Å². The van der Waals surface area contributed by atoms with Crippen molar-refractivity contribution in [3.63, 3.8) is 0 Å². The first-order valence-corrected chi connectivity index (χ1v) is 7.21. The fraction of sp³-hybridized carbons (Fsp3) is 0.462. The number of amides is 1. The Kier molecular flexibility index (Phi) is 4.31. The van der Waals surface area contributed by atoms with Crippen LogP contribution >= 0.6 is 11.8 Å². The van der Waals surface area contributed by atoms with E-state index in [9.17, 15) is 4.79 Å². The minimum absolute atomic E-state index is 0.131. The predicted octanol–water partition coefficient (Wildman–Crippen LogP) is 2.78. The molecule has 1 aliphatic carbocycles. The molecule has 0 unspecified atom stereocenters. The summed E-state index contributed by atoms with van der Waals surface area (Å²) >= 11 is 1.75. The van der Waals surface area contributed by atoms with Gasteiger partial charge in [0, 0.05) is 23.4 Å². The molecule has 0 aliphatic heterocycles. The van der Waals surface area contributed by atoms with Gasteiger partial charge in [0.05, 0.1) is 6.61 Å². The molecule has 1 saturated carbocycles. The Balaban J connectivity index is 1.88. The van der Waals surface area contributed by atoms with Gasteiger partial charge in [-0.2, -0.15) is 11.8 Å². The van der Waals surface area contributed by atoms with Gasteiger partial charge in [0.1, 0.15) is 5.75 Å². The number of thioether (sulfide) groups is 1. The van der Waals surface area contributed by atoms with Crippen molar-refractivity contribution < 1.29 is 9.53 Å². The van der Waals surface area contributed by atoms with Crippen LogP contribution in [0.2, 0.25) is 0 Å². The van der Waals surface area contributed by atoms with Gasteiger partial charge in [-0.25, -0.2) is 0 Å². The molecule has 0 atom stereocenters. The van der Waals surface area contributed by atoms with Crippen LogP contribution in [-0.4, -0.2) is 24.5 Å². The molecule has 2 rings (SSSR count). The second-order valence-electron chi connectivity index (χ2n) is 4.13. The zero-order valence-corrected chi connectivity index (χ0v) is 10.8. The molecule has 3 nitrogen and oxygen atoms in total. The number of carbonyl (C=O) groups is 1. The third kappa shape index (κ3) is 3.97. The van der Waals surface area contributed by atoms with Crippen molar-refractivity contribution in [2.45, 2.75) is 12.8 Å². The highest BCUT2D eigenvalue weighted by molar-refractivity contribution is 7.98. The molecule has 4 heteroatoms. The largest absolute Gasteiger partial charge is 0.493 e. The monoisotopic (exact) mass is 251 g/mol. The average molecular weight is 251 g/mol. The van der Waals surface area contributed by atoms with Crippen LogP contribution in [0.25, 0.3) is 0 Å². The molecule has 1 fully saturated rings. The highest BCUT2D eigenvalue weighted by Crippen LogP contribution is 2.30. The zero-order valence-electron chi connectivity index (χ0n) is 9.94. The summed E-state index contributed by atoms with van der Waals surface area (Å²) in [6.07, 6.45) is 4.10. The number of hydrogen-bond donors (Lipinski definition) is 1. The minimum Gasteiger partial charge on any atom is -0.493 e. The quantitative estimate of drug-likeness (QED) is 0.790. The van der Waals surface area contributed by atoms with E-state index < -0.39 is 0 Å². The molecule has 1 aliphatic rings. The van der Waals surface area contributed by atoms with Gasteiger partial charge in [0.15, 0.2) is 0 Å². The lowest BCUT2D eigenvalue weighted by Crippen LogP contribution is -2.13. The molecule has 0 saturated heterocycles. The maximum Gasteiger partial charge on any atom is 0.227 e. The first-order chi connectivity index (χ1) is 8.29. The fourth-order valence-corrected chi connectivity index (χ4v) is 1.75. The van der Waals surface area contributed by atoms with Gasteiger partial charge in [-0.15, -0.1) is 0 Å². The topological polar surface area (TPSA) is 38.3 Å². The van der Waals surface area contributed by atoms with E-state index in [1.807, 2.05) is 24.3 Å². The Bertz CT molecular complexity index is 391. The predicted molar refractivity (Wildman–Crippen MR) is 71.7 cm³/mol. The number of benzene rings is 1. The Morgan fingerprint density at radius 1 is 1.53 bits per heavy atom. The van der Waals surface area contributed by atoms with Crippen LogP contribution in [0.4, 0.5) is 5.69 Å². The summed E-state index contributed by atoms with van der Waals surface area (Å²) in [7, 11) is 0. The van der Waals surface area contributed by atoms with E-state index in [1.54, 1.807) is 11.8 Å². The SMILES string of the molecule is CSCCOc1cccc(NC(=O)C2CC2)c1. The summed E-state index contributed by atoms with van der Waals surface area (Å²) in [6, 6.07) is 7.58. The van der Waals surface area contributed by atoms with Gasteiger partial charge in [-0.1, -0.05) is 6.07 Å². The number of nitrogens with one attached hydrogen (secondary N) is 1. The van der Waals surface area contributed by atoms with E-state index in [0.29, 0.717) is 6.61 Å². The molecule has 92 valence electrons. The van der Waals surface area contributed by atoms with Crippen molar-refractivity contribution >= 4 is 23.4 Å². The van der Waals surface area contributed by atoms with Crippen LogP contribution in [0, 0.1) is 5.92 Å². The lowest BCUT2D eigenvalue weighted by molar-refractivity contribution is -0.117. The summed E-state index contributed by atoms with van der Waals surface area (Å²) in [5.74, 6) is 2.15. The highest BCUT2D eigenvalue weighted by atomic mass is 32.2. The molecular formula is C13H17NO2S. The van der Waals surface area contributed by atoms with Gasteiger partial charge in [0.25, 0.3) is 0 Å². The maximum absolute atomic E-state index is 11.6. The van der Waals surface area contributed by atoms with Crippen molar-refractivity contribution in [2.24, 2.45) is 5.92 Å². The van der Waals surface area contributed by atoms with Crippen LogP contribution in [0.3, 0.4) is 0 Å². The smallest absolute Gasteiger partial charge is 0.227 e. The van der Waals surface area contributed by atoms with Crippen LogP contribution < -0.4 is 10.1 Å². The normalized spacial score (nSPS) is 14.4. The van der Waals surface area contributed by atoms with Crippen LogP contribution in [-0.2, 0) is 4.79 Å². The second kappa shape index (κ2) is 5.96. The molecule has 0 aromatic heterocycles. The average Bonchev–Trinajstić information content (AvgIpc) is 3.14. The third-order valence-corrected chi connectivity index (χ3v) is 3.18. The molecule has 1 N–H and O–H groups in total. The molecule has 1 amide bonds. The van der Waals surface area contributed by atoms with Crippen LogP contribution in [0.5, 0.6) is 5.75 Å². The van der Waals surface area contributed by atoms with Crippen LogP contribution in [0.15, 0.2) is 24.3 Å². The maximum atomic E-state index is 11.6. The zero-order chi connectivity index (χ0) is 12.1. The second-order valence-corrected chi connectivity index (χ2v) is 5.12. The Morgan fingerprint density at radius 2 is 2.35 bits per heavy atom. The summed E-state index contributed by atoms with van der Waals surface area (Å²) in [5.41, 5.74) is 0.823. The number of rotatable bonds is 6. The Labute approximate surface area is 106 Å². The lowest BCUT2D eigenvalue weighted by Gasteiger charge is -2.08. The van der Waals surface area contributed by atoms with E-state index >= 15 is 0 Å². The van der Waals surface area contributed by atoms with Gasteiger partial charge < -0.3 is 10.1 Å². The van der Waals surface area contributed by atoms with Gasteiger partial charge in [0.2, 0.25) is 5.91 Å². The lowest BCUT2D eigenvalue weighted by atomic mass is 10.3. The van der Waals surface area contributed by atoms with E-state index in [4.69, 9.17) is 4.74 Å². The highest BCUT2D eigenvalue weighted by Gasteiger charge is 2.29. The molecule has 1 aromatic rings. The van der Waals surface area contributed by atoms with E-state index in [0.717, 1.165) is 30.0 Å². The standard InChI is InChI=1S/C13H17NO2S/c1-17-8-7-16-12-4-2-3-11(9-12)14-13(15)10-5-6-10/h2-4,9-10H,5-8H2,1H3,(H,14,15). The first kappa shape index (κ1) is 12.3. The fourth-order valence-electron chi connectivity index (χ4n) is 1.50. The summed E-state index contributed by atoms with van der Waals surface area (Å²) in [5, 5.41) is 2.91. The third-order valence-electron chi connectivity index (χ3n) is 2.61. The molecule has 0 bridgehead atoms. The van der Waals surface area contributed by atoms with Gasteiger partial charge in [-0.3, -0.25) is 4.79 Å². The van der Waals surface area contributed by atoms with Crippen molar-refractivity contribution in [3.8, 4) is 5.75 Å². The van der Waals surface area contributed by atoms with Gasteiger partial charge >= 0.3 is 0 Å². The number of anilines is 1. The Hall–Kier alpha value is -1.16. The number of ether oxygens (including phenoxy) is 1. The molecule has 17 heavy (non-hydrogen) atoms. The summed E-state index contributed by atoms with van der Waals surface area (Å²) in [6.45, 7) is 0.696. The Morgan fingerprint density at radius 3 is 3.06 bits per heavy atom. The van der Waals surface area contributed by atoms with E-state index in [2.05, 4.69) is 11.6 Å². The molecule has 0 heterocycles. The molecular weight excluding hydrogens is 234 g/mol. The van der Waals surface area contributed by atoms with Gasteiger partial charge in [-0.05, 0) is 31.2 Å². The van der Waals surface area contributed by atoms with E-state index in [1.165, 1.54) is 0 Å². The minimum atomic E-state index is 0.131. The van der Waals surface area contributed by atoms with Crippen molar-refractivity contribution in [1.29, 1.82) is 0 Å². The summed E-state index contributed by atoms with van der Waals surface area (Å²) < 4.78 is 5.57. The first-order valence-electron chi connectivity index (χ1n) is 5.82. The van der Waals surface area contributed by atoms with Crippen molar-refractivity contribution in [1.82, 2.24) is 0 Å². The number of carbonyl (C=O) groups excluding carboxylic acids is 1. The molecule has 1 aromatic carbocycles. The van der Waals surface area contributed by atoms with Crippen LogP contribution in [0.1, 0.15) is 12.8 Å². The molecule has 0 radical (unpaired) electrons. The van der Waals surface area contributed by atoms with Crippen molar-refractivity contribution in [3.05, 3.63) is 24.3 Å². The number of hydrogen-bond acceptors (Lipinski definition) is 3. The summed E-state index contributed by atoms with van der Waals surface area (Å²) in [4.78, 5) is 11.6. The van der Waals surface area contributed by atoms with Crippen molar-refractivity contribution in [2.75, 3.05) is 23.9 Å². The molecule has 0 spiro atoms.